The molecule has 2 rings (SSSR count). The molecule has 0 aliphatic rings. The molecule has 0 spiro atoms. The Bertz CT molecular complexity index is 461. The van der Waals surface area contributed by atoms with E-state index in [1.165, 1.54) is 36.6 Å². The molecule has 0 aliphatic carbocycles. The zero-order valence-corrected chi connectivity index (χ0v) is 10.7. The first-order valence-electron chi connectivity index (χ1n) is 6.50. The van der Waals surface area contributed by atoms with Crippen molar-refractivity contribution in [3.05, 3.63) is 36.1 Å². The van der Waals surface area contributed by atoms with Crippen molar-refractivity contribution in [1.29, 1.82) is 0 Å². The second-order valence-electron chi connectivity index (χ2n) is 4.52. The SMILES string of the molecule is CCCCCC(NC)c1coc2ccccc12. The maximum atomic E-state index is 5.60. The van der Waals surface area contributed by atoms with E-state index in [0.717, 1.165) is 5.58 Å². The van der Waals surface area contributed by atoms with E-state index in [-0.39, 0.29) is 0 Å². The van der Waals surface area contributed by atoms with Crippen molar-refractivity contribution < 1.29 is 4.42 Å². The van der Waals surface area contributed by atoms with Gasteiger partial charge in [0, 0.05) is 17.0 Å². The summed E-state index contributed by atoms with van der Waals surface area (Å²) in [6.07, 6.45) is 6.91. The van der Waals surface area contributed by atoms with Gasteiger partial charge in [-0.1, -0.05) is 44.4 Å². The first kappa shape index (κ1) is 12.2. The van der Waals surface area contributed by atoms with Crippen molar-refractivity contribution in [1.82, 2.24) is 5.32 Å². The second-order valence-corrected chi connectivity index (χ2v) is 4.52. The predicted molar refractivity (Wildman–Crippen MR) is 72.2 cm³/mol. The number of unbranched alkanes of at least 4 members (excludes halogenated alkanes) is 2. The minimum atomic E-state index is 0.408. The number of nitrogens with one attached hydrogen (secondary N) is 1. The molecule has 1 N–H and O–H groups in total. The summed E-state index contributed by atoms with van der Waals surface area (Å²) in [6, 6.07) is 8.65. The highest BCUT2D eigenvalue weighted by Gasteiger charge is 2.14. The number of benzene rings is 1. The standard InChI is InChI=1S/C15H21NO/c1-3-4-5-9-14(16-2)13-11-17-15-10-7-6-8-12(13)15/h6-8,10-11,14,16H,3-5,9H2,1-2H3. The molecule has 92 valence electrons. The fourth-order valence-corrected chi connectivity index (χ4v) is 2.32. The Morgan fingerprint density at radius 2 is 2.06 bits per heavy atom. The van der Waals surface area contributed by atoms with Gasteiger partial charge in [0.2, 0.25) is 0 Å². The van der Waals surface area contributed by atoms with Crippen molar-refractivity contribution in [3.8, 4) is 0 Å². The Hall–Kier alpha value is -1.28. The molecule has 1 aromatic carbocycles. The fourth-order valence-electron chi connectivity index (χ4n) is 2.32. The molecule has 1 atom stereocenters. The Morgan fingerprint density at radius 1 is 1.24 bits per heavy atom. The average molecular weight is 231 g/mol. The van der Waals surface area contributed by atoms with E-state index in [1.807, 2.05) is 25.4 Å². The van der Waals surface area contributed by atoms with E-state index in [1.54, 1.807) is 0 Å². The summed E-state index contributed by atoms with van der Waals surface area (Å²) in [4.78, 5) is 0. The molecule has 1 unspecified atom stereocenters. The molecular formula is C15H21NO. The molecule has 0 fully saturated rings. The van der Waals surface area contributed by atoms with Crippen LogP contribution in [0.5, 0.6) is 0 Å². The number of hydrogen-bond acceptors (Lipinski definition) is 2. The van der Waals surface area contributed by atoms with Crippen LogP contribution in [0.15, 0.2) is 34.9 Å². The number of hydrogen-bond donors (Lipinski definition) is 1. The maximum Gasteiger partial charge on any atom is 0.134 e. The van der Waals surface area contributed by atoms with Gasteiger partial charge in [-0.15, -0.1) is 0 Å². The van der Waals surface area contributed by atoms with Crippen LogP contribution >= 0.6 is 0 Å². The number of para-hydroxylation sites is 1. The Balaban J connectivity index is 2.18. The van der Waals surface area contributed by atoms with Gasteiger partial charge in [-0.25, -0.2) is 0 Å². The molecule has 1 heterocycles. The van der Waals surface area contributed by atoms with Gasteiger partial charge in [-0.2, -0.15) is 0 Å². The van der Waals surface area contributed by atoms with E-state index < -0.39 is 0 Å². The van der Waals surface area contributed by atoms with Gasteiger partial charge in [0.15, 0.2) is 0 Å². The Labute approximate surface area is 103 Å². The van der Waals surface area contributed by atoms with Gasteiger partial charge < -0.3 is 9.73 Å². The first-order chi connectivity index (χ1) is 8.36. The minimum Gasteiger partial charge on any atom is -0.464 e. The molecule has 2 nitrogen and oxygen atoms in total. The molecule has 0 radical (unpaired) electrons. The number of fused-ring (bicyclic) bond motifs is 1. The molecule has 0 saturated heterocycles. The molecule has 17 heavy (non-hydrogen) atoms. The second kappa shape index (κ2) is 5.87. The minimum absolute atomic E-state index is 0.408. The molecule has 0 amide bonds. The Kier molecular flexibility index (Phi) is 4.21. The Morgan fingerprint density at radius 3 is 2.82 bits per heavy atom. The van der Waals surface area contributed by atoms with E-state index in [4.69, 9.17) is 4.42 Å². The monoisotopic (exact) mass is 231 g/mol. The van der Waals surface area contributed by atoms with Crippen LogP contribution in [0, 0.1) is 0 Å². The van der Waals surface area contributed by atoms with E-state index in [0.29, 0.717) is 6.04 Å². The van der Waals surface area contributed by atoms with Gasteiger partial charge in [0.1, 0.15) is 5.58 Å². The smallest absolute Gasteiger partial charge is 0.134 e. The largest absolute Gasteiger partial charge is 0.464 e. The van der Waals surface area contributed by atoms with Gasteiger partial charge in [-0.05, 0) is 19.5 Å². The lowest BCUT2D eigenvalue weighted by atomic mass is 10.00. The summed E-state index contributed by atoms with van der Waals surface area (Å²) < 4.78 is 5.60. The van der Waals surface area contributed by atoms with Crippen molar-refractivity contribution >= 4 is 11.0 Å². The normalized spacial score (nSPS) is 13.1. The highest BCUT2D eigenvalue weighted by atomic mass is 16.3. The van der Waals surface area contributed by atoms with Gasteiger partial charge in [0.05, 0.1) is 6.26 Å². The van der Waals surface area contributed by atoms with Crippen LogP contribution in [0.25, 0.3) is 11.0 Å². The zero-order chi connectivity index (χ0) is 12.1. The van der Waals surface area contributed by atoms with Crippen LogP contribution in [0.4, 0.5) is 0 Å². The molecule has 1 aromatic heterocycles. The van der Waals surface area contributed by atoms with E-state index in [2.05, 4.69) is 24.4 Å². The molecule has 0 saturated carbocycles. The zero-order valence-electron chi connectivity index (χ0n) is 10.7. The third-order valence-electron chi connectivity index (χ3n) is 3.33. The van der Waals surface area contributed by atoms with Crippen molar-refractivity contribution in [2.45, 2.75) is 38.6 Å². The summed E-state index contributed by atoms with van der Waals surface area (Å²) in [5.41, 5.74) is 2.28. The van der Waals surface area contributed by atoms with E-state index >= 15 is 0 Å². The molecule has 2 aromatic rings. The number of furan rings is 1. The summed E-state index contributed by atoms with van der Waals surface area (Å²) in [7, 11) is 2.03. The first-order valence-corrected chi connectivity index (χ1v) is 6.50. The van der Waals surface area contributed by atoms with Crippen molar-refractivity contribution in [2.75, 3.05) is 7.05 Å². The fraction of sp³-hybridized carbons (Fsp3) is 0.467. The summed E-state index contributed by atoms with van der Waals surface area (Å²) in [5, 5.41) is 4.63. The van der Waals surface area contributed by atoms with Crippen LogP contribution in [-0.2, 0) is 0 Å². The maximum absolute atomic E-state index is 5.60. The van der Waals surface area contributed by atoms with Crippen LogP contribution in [0.1, 0.15) is 44.2 Å². The number of rotatable bonds is 6. The van der Waals surface area contributed by atoms with E-state index in [9.17, 15) is 0 Å². The van der Waals surface area contributed by atoms with Crippen LogP contribution in [0.2, 0.25) is 0 Å². The third kappa shape index (κ3) is 2.70. The van der Waals surface area contributed by atoms with Gasteiger partial charge >= 0.3 is 0 Å². The predicted octanol–water partition coefficient (Wildman–Crippen LogP) is 4.27. The molecular weight excluding hydrogens is 210 g/mol. The third-order valence-corrected chi connectivity index (χ3v) is 3.33. The molecule has 0 bridgehead atoms. The van der Waals surface area contributed by atoms with Crippen molar-refractivity contribution in [3.63, 3.8) is 0 Å². The van der Waals surface area contributed by atoms with Crippen LogP contribution in [0.3, 0.4) is 0 Å². The average Bonchev–Trinajstić information content (AvgIpc) is 2.79. The van der Waals surface area contributed by atoms with Gasteiger partial charge in [-0.3, -0.25) is 0 Å². The van der Waals surface area contributed by atoms with Gasteiger partial charge in [0.25, 0.3) is 0 Å². The highest BCUT2D eigenvalue weighted by Crippen LogP contribution is 2.29. The van der Waals surface area contributed by atoms with Crippen molar-refractivity contribution in [2.24, 2.45) is 0 Å². The quantitative estimate of drug-likeness (QED) is 0.751. The lowest BCUT2D eigenvalue weighted by molar-refractivity contribution is 0.504. The van der Waals surface area contributed by atoms with Crippen LogP contribution < -0.4 is 5.32 Å². The molecule has 0 aliphatic heterocycles. The lowest BCUT2D eigenvalue weighted by Gasteiger charge is -2.14. The molecule has 2 heteroatoms. The lowest BCUT2D eigenvalue weighted by Crippen LogP contribution is -2.15. The summed E-state index contributed by atoms with van der Waals surface area (Å²) >= 11 is 0. The summed E-state index contributed by atoms with van der Waals surface area (Å²) in [5.74, 6) is 0. The summed E-state index contributed by atoms with van der Waals surface area (Å²) in [6.45, 7) is 2.24. The van der Waals surface area contributed by atoms with Crippen LogP contribution in [-0.4, -0.2) is 7.05 Å². The topological polar surface area (TPSA) is 25.2 Å². The highest BCUT2D eigenvalue weighted by molar-refractivity contribution is 5.81.